The fourth-order valence-corrected chi connectivity index (χ4v) is 8.68. The van der Waals surface area contributed by atoms with Gasteiger partial charge in [-0.1, -0.05) is 127 Å². The summed E-state index contributed by atoms with van der Waals surface area (Å²) < 4.78 is 5.07. The van der Waals surface area contributed by atoms with E-state index in [1.54, 1.807) is 0 Å². The van der Waals surface area contributed by atoms with Crippen LogP contribution in [0.4, 0.5) is 17.1 Å². The van der Waals surface area contributed by atoms with Crippen LogP contribution in [-0.4, -0.2) is 4.57 Å². The molecule has 0 atom stereocenters. The Balaban J connectivity index is 1.14. The molecular formula is C48H32N2S. The fraction of sp³-hybridized carbons (Fsp3) is 0. The monoisotopic (exact) mass is 668 g/mol. The highest BCUT2D eigenvalue weighted by atomic mass is 32.1. The molecule has 240 valence electrons. The molecule has 0 spiro atoms. The summed E-state index contributed by atoms with van der Waals surface area (Å²) in [7, 11) is 0. The molecular weight excluding hydrogens is 637 g/mol. The lowest BCUT2D eigenvalue weighted by atomic mass is 10.0. The SMILES string of the molecule is c1ccc(-c2ccc(N(c3ccc(-c4ccc5sc6ccccc6c5c4)cc3)c3ccccc3-n3c4ccccc4c4ccccc43)cc2)cc1. The number of benzene rings is 8. The van der Waals surface area contributed by atoms with E-state index < -0.39 is 0 Å². The number of para-hydroxylation sites is 4. The molecule has 10 aromatic rings. The molecule has 51 heavy (non-hydrogen) atoms. The van der Waals surface area contributed by atoms with E-state index in [1.807, 2.05) is 11.3 Å². The van der Waals surface area contributed by atoms with Crippen molar-refractivity contribution < 1.29 is 0 Å². The summed E-state index contributed by atoms with van der Waals surface area (Å²) >= 11 is 1.86. The third-order valence-electron chi connectivity index (χ3n) is 10.0. The quantitative estimate of drug-likeness (QED) is 0.171. The molecule has 0 radical (unpaired) electrons. The Morgan fingerprint density at radius 2 is 0.843 bits per heavy atom. The van der Waals surface area contributed by atoms with E-state index in [2.05, 4.69) is 204 Å². The van der Waals surface area contributed by atoms with Gasteiger partial charge in [0.05, 0.1) is 22.4 Å². The van der Waals surface area contributed by atoms with Gasteiger partial charge in [-0.3, -0.25) is 0 Å². The average molecular weight is 669 g/mol. The fourth-order valence-electron chi connectivity index (χ4n) is 7.59. The second kappa shape index (κ2) is 12.2. The number of aromatic nitrogens is 1. The van der Waals surface area contributed by atoms with Crippen molar-refractivity contribution in [3.05, 3.63) is 194 Å². The summed E-state index contributed by atoms with van der Waals surface area (Å²) in [6.45, 7) is 0. The van der Waals surface area contributed by atoms with E-state index in [-0.39, 0.29) is 0 Å². The third-order valence-corrected chi connectivity index (χ3v) is 11.2. The predicted octanol–water partition coefficient (Wildman–Crippen LogP) is 14.0. The van der Waals surface area contributed by atoms with Gasteiger partial charge in [-0.2, -0.15) is 0 Å². The summed E-state index contributed by atoms with van der Waals surface area (Å²) in [6, 6.07) is 70.4. The number of fused-ring (bicyclic) bond motifs is 6. The highest BCUT2D eigenvalue weighted by Crippen LogP contribution is 2.43. The summed E-state index contributed by atoms with van der Waals surface area (Å²) in [5.41, 5.74) is 11.6. The van der Waals surface area contributed by atoms with E-state index in [0.29, 0.717) is 0 Å². The molecule has 0 fully saturated rings. The summed E-state index contributed by atoms with van der Waals surface area (Å²) in [5.74, 6) is 0. The number of anilines is 3. The van der Waals surface area contributed by atoms with Crippen LogP contribution in [-0.2, 0) is 0 Å². The van der Waals surface area contributed by atoms with E-state index >= 15 is 0 Å². The number of nitrogens with zero attached hydrogens (tertiary/aromatic N) is 2. The van der Waals surface area contributed by atoms with Gasteiger partial charge >= 0.3 is 0 Å². The Hall–Kier alpha value is -6.42. The maximum Gasteiger partial charge on any atom is 0.0702 e. The van der Waals surface area contributed by atoms with Crippen LogP contribution in [0.1, 0.15) is 0 Å². The number of thiophene rings is 1. The first-order valence-electron chi connectivity index (χ1n) is 17.4. The van der Waals surface area contributed by atoms with Crippen molar-refractivity contribution in [3.8, 4) is 27.9 Å². The highest BCUT2D eigenvalue weighted by Gasteiger charge is 2.20. The zero-order valence-corrected chi connectivity index (χ0v) is 28.6. The Morgan fingerprint density at radius 1 is 0.353 bits per heavy atom. The maximum absolute atomic E-state index is 2.42. The molecule has 0 aliphatic rings. The van der Waals surface area contributed by atoms with Crippen LogP contribution in [0.2, 0.25) is 0 Å². The molecule has 0 aliphatic heterocycles. The lowest BCUT2D eigenvalue weighted by molar-refractivity contribution is 1.15. The first-order chi connectivity index (χ1) is 25.3. The molecule has 0 aliphatic carbocycles. The minimum Gasteiger partial charge on any atom is -0.308 e. The lowest BCUT2D eigenvalue weighted by Crippen LogP contribution is -2.13. The molecule has 0 N–H and O–H groups in total. The smallest absolute Gasteiger partial charge is 0.0702 e. The molecule has 0 amide bonds. The van der Waals surface area contributed by atoms with Crippen molar-refractivity contribution in [2.24, 2.45) is 0 Å². The van der Waals surface area contributed by atoms with Crippen molar-refractivity contribution in [3.63, 3.8) is 0 Å². The van der Waals surface area contributed by atoms with Gasteiger partial charge in [0.25, 0.3) is 0 Å². The molecule has 2 aromatic heterocycles. The van der Waals surface area contributed by atoms with Crippen molar-refractivity contribution >= 4 is 70.4 Å². The zero-order chi connectivity index (χ0) is 33.7. The van der Waals surface area contributed by atoms with Gasteiger partial charge < -0.3 is 9.47 Å². The molecule has 0 saturated carbocycles. The van der Waals surface area contributed by atoms with Crippen LogP contribution < -0.4 is 4.90 Å². The van der Waals surface area contributed by atoms with Gasteiger partial charge in [-0.05, 0) is 89.0 Å². The van der Waals surface area contributed by atoms with Gasteiger partial charge in [0.2, 0.25) is 0 Å². The standard InChI is InChI=1S/C48H32N2S/c1-2-12-33(13-3-1)34-22-27-37(28-23-34)49(38-29-24-35(25-30-38)36-26-31-48-42(32-36)41-16-6-11-21-47(41)51-48)45-19-9-10-20-46(45)50-43-17-7-4-14-39(43)40-15-5-8-18-44(40)50/h1-32H. The molecule has 0 unspecified atom stereocenters. The minimum atomic E-state index is 1.10. The van der Waals surface area contributed by atoms with Crippen LogP contribution in [0.5, 0.6) is 0 Å². The Labute approximate surface area is 300 Å². The molecule has 3 heteroatoms. The van der Waals surface area contributed by atoms with Gasteiger partial charge in [0.1, 0.15) is 0 Å². The van der Waals surface area contributed by atoms with Crippen LogP contribution >= 0.6 is 11.3 Å². The molecule has 2 heterocycles. The Kier molecular flexibility index (Phi) is 7.04. The molecule has 10 rings (SSSR count). The maximum atomic E-state index is 2.42. The molecule has 8 aromatic carbocycles. The van der Waals surface area contributed by atoms with Crippen LogP contribution in [0, 0.1) is 0 Å². The first kappa shape index (κ1) is 29.5. The van der Waals surface area contributed by atoms with E-state index in [9.17, 15) is 0 Å². The molecule has 2 nitrogen and oxygen atoms in total. The Morgan fingerprint density at radius 3 is 1.53 bits per heavy atom. The molecule has 0 saturated heterocycles. The second-order valence-corrected chi connectivity index (χ2v) is 14.0. The van der Waals surface area contributed by atoms with Gasteiger partial charge in [0, 0.05) is 42.3 Å². The molecule has 0 bridgehead atoms. The van der Waals surface area contributed by atoms with E-state index in [0.717, 1.165) is 22.7 Å². The highest BCUT2D eigenvalue weighted by molar-refractivity contribution is 7.25. The van der Waals surface area contributed by atoms with E-state index in [1.165, 1.54) is 64.2 Å². The van der Waals surface area contributed by atoms with Gasteiger partial charge in [0.15, 0.2) is 0 Å². The summed E-state index contributed by atoms with van der Waals surface area (Å²) in [5, 5.41) is 5.14. The van der Waals surface area contributed by atoms with Crippen molar-refractivity contribution in [2.45, 2.75) is 0 Å². The lowest BCUT2D eigenvalue weighted by Gasteiger charge is -2.28. The van der Waals surface area contributed by atoms with Crippen molar-refractivity contribution in [1.29, 1.82) is 0 Å². The number of rotatable bonds is 6. The predicted molar refractivity (Wildman–Crippen MR) is 219 cm³/mol. The Bertz CT molecular complexity index is 2790. The van der Waals surface area contributed by atoms with Crippen LogP contribution in [0.15, 0.2) is 194 Å². The van der Waals surface area contributed by atoms with Gasteiger partial charge in [-0.15, -0.1) is 11.3 Å². The zero-order valence-electron chi connectivity index (χ0n) is 27.8. The van der Waals surface area contributed by atoms with Crippen LogP contribution in [0.25, 0.3) is 69.9 Å². The summed E-state index contributed by atoms with van der Waals surface area (Å²) in [4.78, 5) is 2.40. The van der Waals surface area contributed by atoms with Crippen molar-refractivity contribution in [1.82, 2.24) is 4.57 Å². The summed E-state index contributed by atoms with van der Waals surface area (Å²) in [6.07, 6.45) is 0. The number of hydrogen-bond acceptors (Lipinski definition) is 2. The first-order valence-corrected chi connectivity index (χ1v) is 18.2. The van der Waals surface area contributed by atoms with E-state index in [4.69, 9.17) is 0 Å². The average Bonchev–Trinajstić information content (AvgIpc) is 3.75. The number of hydrogen-bond donors (Lipinski definition) is 0. The van der Waals surface area contributed by atoms with Crippen LogP contribution in [0.3, 0.4) is 0 Å². The third kappa shape index (κ3) is 5.01. The largest absolute Gasteiger partial charge is 0.308 e. The minimum absolute atomic E-state index is 1.10. The normalized spacial score (nSPS) is 11.5. The van der Waals surface area contributed by atoms with Crippen molar-refractivity contribution in [2.75, 3.05) is 4.90 Å². The van der Waals surface area contributed by atoms with Gasteiger partial charge in [-0.25, -0.2) is 0 Å². The second-order valence-electron chi connectivity index (χ2n) is 13.0. The topological polar surface area (TPSA) is 8.17 Å².